The van der Waals surface area contributed by atoms with Crippen molar-refractivity contribution in [3.8, 4) is 0 Å². The van der Waals surface area contributed by atoms with Gasteiger partial charge < -0.3 is 14.8 Å². The van der Waals surface area contributed by atoms with Gasteiger partial charge in [0.15, 0.2) is 0 Å². The van der Waals surface area contributed by atoms with E-state index in [4.69, 9.17) is 9.47 Å². The van der Waals surface area contributed by atoms with E-state index in [1.54, 1.807) is 7.11 Å². The molecule has 1 saturated heterocycles. The highest BCUT2D eigenvalue weighted by atomic mass is 16.5. The Morgan fingerprint density at radius 1 is 1.48 bits per heavy atom. The standard InChI is InChI=1S/C16H32N2O3/c1-7-17-16(4,14(19)20-5)11-13(2)18-10-8-9-15(3,12-18)21-6/h13,17H,7-12H2,1-6H3. The minimum absolute atomic E-state index is 0.0770. The van der Waals surface area contributed by atoms with Gasteiger partial charge >= 0.3 is 5.97 Å². The highest BCUT2D eigenvalue weighted by Crippen LogP contribution is 2.27. The Hall–Kier alpha value is -0.650. The maximum Gasteiger partial charge on any atom is 0.325 e. The molecule has 0 aromatic rings. The van der Waals surface area contributed by atoms with Crippen LogP contribution in [0.25, 0.3) is 0 Å². The second kappa shape index (κ2) is 7.56. The predicted octanol–water partition coefficient (Wildman–Crippen LogP) is 1.81. The zero-order valence-electron chi connectivity index (χ0n) is 14.5. The molecule has 0 spiro atoms. The molecule has 1 fully saturated rings. The fraction of sp³-hybridized carbons (Fsp3) is 0.938. The van der Waals surface area contributed by atoms with Crippen LogP contribution in [0.1, 0.15) is 47.0 Å². The number of carbonyl (C=O) groups excluding carboxylic acids is 1. The number of methoxy groups -OCH3 is 2. The lowest BCUT2D eigenvalue weighted by Gasteiger charge is -2.44. The third kappa shape index (κ3) is 4.66. The van der Waals surface area contributed by atoms with E-state index in [0.29, 0.717) is 6.04 Å². The van der Waals surface area contributed by atoms with Crippen LogP contribution in [0.4, 0.5) is 0 Å². The molecule has 0 radical (unpaired) electrons. The lowest BCUT2D eigenvalue weighted by molar-refractivity contribution is -0.149. The van der Waals surface area contributed by atoms with E-state index in [9.17, 15) is 4.79 Å². The molecular weight excluding hydrogens is 268 g/mol. The Bertz CT molecular complexity index is 350. The number of carbonyl (C=O) groups is 1. The van der Waals surface area contributed by atoms with E-state index >= 15 is 0 Å². The van der Waals surface area contributed by atoms with Gasteiger partial charge in [0.25, 0.3) is 0 Å². The van der Waals surface area contributed by atoms with Crippen LogP contribution in [0.5, 0.6) is 0 Å². The lowest BCUT2D eigenvalue weighted by atomic mass is 9.89. The maximum absolute atomic E-state index is 12.1. The Balaban J connectivity index is 2.73. The number of rotatable bonds is 7. The topological polar surface area (TPSA) is 50.8 Å². The highest BCUT2D eigenvalue weighted by molar-refractivity contribution is 5.80. The summed E-state index contributed by atoms with van der Waals surface area (Å²) in [5.74, 6) is -0.192. The van der Waals surface area contributed by atoms with Crippen molar-refractivity contribution < 1.29 is 14.3 Å². The zero-order valence-corrected chi connectivity index (χ0v) is 14.5. The van der Waals surface area contributed by atoms with Crippen LogP contribution in [0.2, 0.25) is 0 Å². The van der Waals surface area contributed by atoms with Crippen molar-refractivity contribution in [3.05, 3.63) is 0 Å². The molecule has 0 aromatic carbocycles. The first-order chi connectivity index (χ1) is 9.80. The monoisotopic (exact) mass is 300 g/mol. The largest absolute Gasteiger partial charge is 0.468 e. The fourth-order valence-corrected chi connectivity index (χ4v) is 3.35. The third-order valence-corrected chi connectivity index (χ3v) is 4.71. The number of esters is 1. The van der Waals surface area contributed by atoms with E-state index < -0.39 is 5.54 Å². The van der Waals surface area contributed by atoms with Gasteiger partial charge in [0, 0.05) is 19.7 Å². The molecule has 0 bridgehead atoms. The average molecular weight is 300 g/mol. The fourth-order valence-electron chi connectivity index (χ4n) is 3.35. The quantitative estimate of drug-likeness (QED) is 0.727. The molecule has 1 aliphatic rings. The molecular formula is C16H32N2O3. The SMILES string of the molecule is CCNC(C)(CC(C)N1CCCC(C)(OC)C1)C(=O)OC. The molecule has 5 heteroatoms. The van der Waals surface area contributed by atoms with Crippen LogP contribution < -0.4 is 5.32 Å². The number of likely N-dealkylation sites (tertiary alicyclic amines) is 1. The van der Waals surface area contributed by atoms with Crippen molar-refractivity contribution in [1.82, 2.24) is 10.2 Å². The van der Waals surface area contributed by atoms with Gasteiger partial charge in [0.1, 0.15) is 5.54 Å². The van der Waals surface area contributed by atoms with Crippen LogP contribution in [-0.4, -0.2) is 61.9 Å². The number of likely N-dealkylation sites (N-methyl/N-ethyl adjacent to an activating group) is 1. The molecule has 1 heterocycles. The van der Waals surface area contributed by atoms with E-state index in [1.807, 2.05) is 13.8 Å². The second-order valence-electron chi connectivity index (χ2n) is 6.64. The minimum Gasteiger partial charge on any atom is -0.468 e. The zero-order chi connectivity index (χ0) is 16.1. The van der Waals surface area contributed by atoms with Crippen LogP contribution in [0.15, 0.2) is 0 Å². The molecule has 1 N–H and O–H groups in total. The molecule has 0 aromatic heterocycles. The van der Waals surface area contributed by atoms with Crippen molar-refractivity contribution in [2.45, 2.75) is 64.1 Å². The Morgan fingerprint density at radius 2 is 2.14 bits per heavy atom. The Labute approximate surface area is 129 Å². The number of piperidine rings is 1. The van der Waals surface area contributed by atoms with Crippen molar-refractivity contribution in [2.75, 3.05) is 33.9 Å². The predicted molar refractivity (Wildman–Crippen MR) is 84.4 cm³/mol. The normalized spacial score (nSPS) is 27.9. The number of ether oxygens (including phenoxy) is 2. The van der Waals surface area contributed by atoms with Gasteiger partial charge in [-0.05, 0) is 53.1 Å². The van der Waals surface area contributed by atoms with Gasteiger partial charge in [0.2, 0.25) is 0 Å². The van der Waals surface area contributed by atoms with Crippen molar-refractivity contribution in [2.24, 2.45) is 0 Å². The lowest BCUT2D eigenvalue weighted by Crippen LogP contribution is -2.56. The summed E-state index contributed by atoms with van der Waals surface area (Å²) in [5.41, 5.74) is -0.712. The molecule has 3 atom stereocenters. The average Bonchev–Trinajstić information content (AvgIpc) is 2.46. The summed E-state index contributed by atoms with van der Waals surface area (Å²) in [4.78, 5) is 14.5. The highest BCUT2D eigenvalue weighted by Gasteiger charge is 2.39. The Kier molecular flexibility index (Phi) is 6.63. The van der Waals surface area contributed by atoms with Crippen molar-refractivity contribution in [3.63, 3.8) is 0 Å². The number of hydrogen-bond donors (Lipinski definition) is 1. The molecule has 3 unspecified atom stereocenters. The van der Waals surface area contributed by atoms with Gasteiger partial charge in [-0.15, -0.1) is 0 Å². The third-order valence-electron chi connectivity index (χ3n) is 4.71. The molecule has 0 saturated carbocycles. The summed E-state index contributed by atoms with van der Waals surface area (Å²) in [5, 5.41) is 3.28. The maximum atomic E-state index is 12.1. The number of hydrogen-bond acceptors (Lipinski definition) is 5. The number of nitrogens with zero attached hydrogens (tertiary/aromatic N) is 1. The van der Waals surface area contributed by atoms with Gasteiger partial charge in [0.05, 0.1) is 12.7 Å². The summed E-state index contributed by atoms with van der Waals surface area (Å²) in [6, 6.07) is 0.294. The van der Waals surface area contributed by atoms with E-state index in [2.05, 4.69) is 24.1 Å². The van der Waals surface area contributed by atoms with E-state index in [0.717, 1.165) is 38.9 Å². The Morgan fingerprint density at radius 3 is 2.67 bits per heavy atom. The van der Waals surface area contributed by atoms with Crippen LogP contribution in [0.3, 0.4) is 0 Å². The smallest absolute Gasteiger partial charge is 0.325 e. The minimum atomic E-state index is -0.635. The van der Waals surface area contributed by atoms with Gasteiger partial charge in [-0.3, -0.25) is 9.69 Å². The summed E-state index contributed by atoms with van der Waals surface area (Å²) in [7, 11) is 3.23. The molecule has 5 nitrogen and oxygen atoms in total. The van der Waals surface area contributed by atoms with Crippen molar-refractivity contribution in [1.29, 1.82) is 0 Å². The molecule has 21 heavy (non-hydrogen) atoms. The number of nitrogens with one attached hydrogen (secondary N) is 1. The van der Waals surface area contributed by atoms with Gasteiger partial charge in [-0.25, -0.2) is 0 Å². The van der Waals surface area contributed by atoms with E-state index in [1.165, 1.54) is 7.11 Å². The summed E-state index contributed by atoms with van der Waals surface area (Å²) < 4.78 is 10.6. The van der Waals surface area contributed by atoms with Crippen LogP contribution in [0, 0.1) is 0 Å². The molecule has 0 amide bonds. The summed E-state index contributed by atoms with van der Waals surface area (Å²) >= 11 is 0. The molecule has 1 aliphatic heterocycles. The first-order valence-corrected chi connectivity index (χ1v) is 7.93. The van der Waals surface area contributed by atoms with E-state index in [-0.39, 0.29) is 11.6 Å². The molecule has 1 rings (SSSR count). The van der Waals surface area contributed by atoms with Crippen LogP contribution >= 0.6 is 0 Å². The summed E-state index contributed by atoms with van der Waals surface area (Å²) in [6.45, 7) is 11.0. The van der Waals surface area contributed by atoms with Gasteiger partial charge in [-0.2, -0.15) is 0 Å². The first kappa shape index (κ1) is 18.4. The van der Waals surface area contributed by atoms with Gasteiger partial charge in [-0.1, -0.05) is 6.92 Å². The second-order valence-corrected chi connectivity index (χ2v) is 6.64. The first-order valence-electron chi connectivity index (χ1n) is 7.93. The molecule has 0 aliphatic carbocycles. The van der Waals surface area contributed by atoms with Crippen molar-refractivity contribution >= 4 is 5.97 Å². The molecule has 124 valence electrons. The summed E-state index contributed by atoms with van der Waals surface area (Å²) in [6.07, 6.45) is 2.95. The van der Waals surface area contributed by atoms with Crippen LogP contribution in [-0.2, 0) is 14.3 Å².